The molecule has 0 radical (unpaired) electrons. The second-order valence-corrected chi connectivity index (χ2v) is 9.49. The number of hydrogen-bond donors (Lipinski definition) is 1. The molecule has 0 spiro atoms. The Balaban J connectivity index is 1.53. The molecule has 0 bridgehead atoms. The second-order valence-electron chi connectivity index (χ2n) is 7.50. The van der Waals surface area contributed by atoms with Crippen molar-refractivity contribution in [2.45, 2.75) is 26.5 Å². The number of nitrogens with zero attached hydrogens (tertiary/aromatic N) is 2. The third-order valence-corrected chi connectivity index (χ3v) is 6.52. The number of aryl methyl sites for hydroxylation is 1. The van der Waals surface area contributed by atoms with E-state index in [9.17, 15) is 8.42 Å². The zero-order valence-electron chi connectivity index (χ0n) is 17.1. The molecule has 3 aromatic rings. The van der Waals surface area contributed by atoms with Crippen LogP contribution in [0.25, 0.3) is 0 Å². The van der Waals surface area contributed by atoms with E-state index in [1.54, 1.807) is 6.20 Å². The minimum atomic E-state index is -3.19. The number of nitrogens with one attached hydrogen (secondary N) is 1. The van der Waals surface area contributed by atoms with E-state index < -0.39 is 10.0 Å². The Morgan fingerprint density at radius 3 is 2.77 bits per heavy atom. The number of aromatic nitrogens is 1. The van der Waals surface area contributed by atoms with Gasteiger partial charge in [-0.2, -0.15) is 4.31 Å². The van der Waals surface area contributed by atoms with Gasteiger partial charge in [-0.1, -0.05) is 24.3 Å². The van der Waals surface area contributed by atoms with Crippen molar-refractivity contribution in [2.75, 3.05) is 18.1 Å². The van der Waals surface area contributed by atoms with Crippen LogP contribution in [0, 0.1) is 6.92 Å². The zero-order chi connectivity index (χ0) is 21.1. The van der Waals surface area contributed by atoms with Crippen molar-refractivity contribution < 1.29 is 13.2 Å². The summed E-state index contributed by atoms with van der Waals surface area (Å²) in [6.45, 7) is 3.34. The van der Waals surface area contributed by atoms with Crippen LogP contribution in [0.4, 0.5) is 11.4 Å². The molecule has 0 fully saturated rings. The Morgan fingerprint density at radius 2 is 2.00 bits per heavy atom. The van der Waals surface area contributed by atoms with E-state index in [0.717, 1.165) is 39.5 Å². The topological polar surface area (TPSA) is 71.5 Å². The molecule has 0 unspecified atom stereocenters. The summed E-state index contributed by atoms with van der Waals surface area (Å²) in [6.07, 6.45) is 3.70. The van der Waals surface area contributed by atoms with E-state index >= 15 is 0 Å². The number of rotatable bonds is 6. The standard InChI is InChI=1S/C23H25N3O3S/c1-17-9-10-19(14-23(17)29-16-20-7-3-4-12-24-20)25-22-8-5-6-18-15-26(30(2,27)28)13-11-21(18)22/h3-10,12,14,25H,11,13,15-16H2,1-2H3. The van der Waals surface area contributed by atoms with Crippen molar-refractivity contribution in [1.82, 2.24) is 9.29 Å². The minimum absolute atomic E-state index is 0.410. The Labute approximate surface area is 177 Å². The van der Waals surface area contributed by atoms with Crippen molar-refractivity contribution in [3.05, 3.63) is 83.2 Å². The largest absolute Gasteiger partial charge is 0.487 e. The molecule has 7 heteroatoms. The van der Waals surface area contributed by atoms with Gasteiger partial charge in [0.25, 0.3) is 0 Å². The molecule has 30 heavy (non-hydrogen) atoms. The molecular weight excluding hydrogens is 398 g/mol. The highest BCUT2D eigenvalue weighted by molar-refractivity contribution is 7.88. The third kappa shape index (κ3) is 4.63. The summed E-state index contributed by atoms with van der Waals surface area (Å²) in [5, 5.41) is 3.49. The minimum Gasteiger partial charge on any atom is -0.487 e. The van der Waals surface area contributed by atoms with Crippen LogP contribution in [0.2, 0.25) is 0 Å². The van der Waals surface area contributed by atoms with Gasteiger partial charge in [-0.25, -0.2) is 8.42 Å². The molecule has 1 aromatic heterocycles. The highest BCUT2D eigenvalue weighted by atomic mass is 32.2. The molecule has 0 saturated heterocycles. The number of fused-ring (bicyclic) bond motifs is 1. The van der Waals surface area contributed by atoms with Crippen molar-refractivity contribution >= 4 is 21.4 Å². The zero-order valence-corrected chi connectivity index (χ0v) is 17.9. The first-order valence-corrected chi connectivity index (χ1v) is 11.7. The smallest absolute Gasteiger partial charge is 0.211 e. The summed E-state index contributed by atoms with van der Waals surface area (Å²) >= 11 is 0. The van der Waals surface area contributed by atoms with E-state index in [1.165, 1.54) is 10.6 Å². The Morgan fingerprint density at radius 1 is 1.13 bits per heavy atom. The average Bonchev–Trinajstić information content (AvgIpc) is 2.74. The van der Waals surface area contributed by atoms with Gasteiger partial charge >= 0.3 is 0 Å². The number of pyridine rings is 1. The summed E-state index contributed by atoms with van der Waals surface area (Å²) in [4.78, 5) is 4.30. The van der Waals surface area contributed by atoms with Crippen LogP contribution in [0.3, 0.4) is 0 Å². The fourth-order valence-corrected chi connectivity index (χ4v) is 4.40. The van der Waals surface area contributed by atoms with E-state index in [0.29, 0.717) is 26.1 Å². The normalized spacial score (nSPS) is 14.2. The predicted molar refractivity (Wildman–Crippen MR) is 118 cm³/mol. The highest BCUT2D eigenvalue weighted by Gasteiger charge is 2.24. The molecule has 1 N–H and O–H groups in total. The lowest BCUT2D eigenvalue weighted by molar-refractivity contribution is 0.299. The SMILES string of the molecule is Cc1ccc(Nc2cccc3c2CCN(S(C)(=O)=O)C3)cc1OCc1ccccn1. The molecular formula is C23H25N3O3S. The Kier molecular flexibility index (Phi) is 5.74. The molecule has 0 atom stereocenters. The first-order valence-electron chi connectivity index (χ1n) is 9.86. The molecule has 2 heterocycles. The van der Waals surface area contributed by atoms with Gasteiger partial charge in [0.1, 0.15) is 12.4 Å². The van der Waals surface area contributed by atoms with Gasteiger partial charge < -0.3 is 10.1 Å². The fraction of sp³-hybridized carbons (Fsp3) is 0.261. The third-order valence-electron chi connectivity index (χ3n) is 5.27. The number of benzene rings is 2. The molecule has 2 aromatic carbocycles. The lowest BCUT2D eigenvalue weighted by atomic mass is 9.99. The molecule has 1 aliphatic heterocycles. The molecule has 0 aliphatic carbocycles. The van der Waals surface area contributed by atoms with E-state index in [4.69, 9.17) is 4.74 Å². The van der Waals surface area contributed by atoms with Crippen LogP contribution >= 0.6 is 0 Å². The van der Waals surface area contributed by atoms with Crippen molar-refractivity contribution in [3.8, 4) is 5.75 Å². The van der Waals surface area contributed by atoms with E-state index in [-0.39, 0.29) is 0 Å². The quantitative estimate of drug-likeness (QED) is 0.648. The molecule has 0 saturated carbocycles. The highest BCUT2D eigenvalue weighted by Crippen LogP contribution is 2.31. The van der Waals surface area contributed by atoms with E-state index in [1.807, 2.05) is 61.5 Å². The summed E-state index contributed by atoms with van der Waals surface area (Å²) in [5.74, 6) is 0.804. The Hall–Kier alpha value is -2.90. The summed E-state index contributed by atoms with van der Waals surface area (Å²) < 4.78 is 31.3. The monoisotopic (exact) mass is 423 g/mol. The number of anilines is 2. The van der Waals surface area contributed by atoms with Crippen molar-refractivity contribution in [3.63, 3.8) is 0 Å². The van der Waals surface area contributed by atoms with Gasteiger partial charge in [-0.05, 0) is 54.3 Å². The number of sulfonamides is 1. The maximum Gasteiger partial charge on any atom is 0.211 e. The lowest BCUT2D eigenvalue weighted by Gasteiger charge is -2.28. The summed E-state index contributed by atoms with van der Waals surface area (Å²) in [6, 6.07) is 17.8. The van der Waals surface area contributed by atoms with E-state index in [2.05, 4.69) is 10.3 Å². The van der Waals surface area contributed by atoms with Gasteiger partial charge in [-0.3, -0.25) is 4.98 Å². The first kappa shape index (κ1) is 20.4. The van der Waals surface area contributed by atoms with Crippen LogP contribution in [0.1, 0.15) is 22.4 Å². The molecule has 1 aliphatic rings. The van der Waals surface area contributed by atoms with Gasteiger partial charge in [-0.15, -0.1) is 0 Å². The molecule has 156 valence electrons. The summed E-state index contributed by atoms with van der Waals surface area (Å²) in [7, 11) is -3.19. The van der Waals surface area contributed by atoms with Gasteiger partial charge in [0.15, 0.2) is 0 Å². The van der Waals surface area contributed by atoms with Crippen molar-refractivity contribution in [1.29, 1.82) is 0 Å². The van der Waals surface area contributed by atoms with Gasteiger partial charge in [0, 0.05) is 36.7 Å². The molecule has 4 rings (SSSR count). The number of ether oxygens (including phenoxy) is 1. The molecule has 0 amide bonds. The van der Waals surface area contributed by atoms with Gasteiger partial charge in [0.05, 0.1) is 11.9 Å². The lowest BCUT2D eigenvalue weighted by Crippen LogP contribution is -2.35. The maximum atomic E-state index is 11.9. The fourth-order valence-electron chi connectivity index (χ4n) is 3.61. The van der Waals surface area contributed by atoms with Crippen LogP contribution in [-0.2, 0) is 29.6 Å². The average molecular weight is 424 g/mol. The van der Waals surface area contributed by atoms with Crippen LogP contribution in [-0.4, -0.2) is 30.5 Å². The second kappa shape index (κ2) is 8.45. The summed E-state index contributed by atoms with van der Waals surface area (Å²) in [5.41, 5.74) is 6.05. The van der Waals surface area contributed by atoms with Crippen molar-refractivity contribution in [2.24, 2.45) is 0 Å². The van der Waals surface area contributed by atoms with Gasteiger partial charge in [0.2, 0.25) is 10.0 Å². The first-order chi connectivity index (χ1) is 14.4. The van der Waals surface area contributed by atoms with Crippen LogP contribution in [0.15, 0.2) is 60.8 Å². The Bertz CT molecular complexity index is 1150. The number of hydrogen-bond acceptors (Lipinski definition) is 5. The molecule has 6 nitrogen and oxygen atoms in total. The van der Waals surface area contributed by atoms with Crippen LogP contribution in [0.5, 0.6) is 5.75 Å². The van der Waals surface area contributed by atoms with Crippen LogP contribution < -0.4 is 10.1 Å². The predicted octanol–water partition coefficient (Wildman–Crippen LogP) is 4.03. The maximum absolute atomic E-state index is 11.9.